The van der Waals surface area contributed by atoms with Crippen LogP contribution in [0.1, 0.15) is 27.2 Å². The zero-order valence-electron chi connectivity index (χ0n) is 12.5. The molecule has 25 heavy (non-hydrogen) atoms. The van der Waals surface area contributed by atoms with Crippen LogP contribution < -0.4 is 5.73 Å². The Hall–Kier alpha value is -3.17. The Bertz CT molecular complexity index is 952. The topological polar surface area (TPSA) is 105 Å². The monoisotopic (exact) mass is 368 g/mol. The Labute approximate surface area is 144 Å². The van der Waals surface area contributed by atoms with Crippen LogP contribution in [0.15, 0.2) is 18.3 Å². The van der Waals surface area contributed by atoms with Crippen molar-refractivity contribution in [2.75, 3.05) is 12.8 Å². The van der Waals surface area contributed by atoms with E-state index in [0.29, 0.717) is 12.1 Å². The summed E-state index contributed by atoms with van der Waals surface area (Å²) in [4.78, 5) is 12.0. The van der Waals surface area contributed by atoms with Crippen molar-refractivity contribution in [3.05, 3.63) is 45.7 Å². The molecule has 10 heteroatoms. The fraction of sp³-hybridized carbons (Fsp3) is 0.133. The summed E-state index contributed by atoms with van der Waals surface area (Å²) in [6.07, 6.45) is -3.62. The Morgan fingerprint density at radius 3 is 2.36 bits per heavy atom. The van der Waals surface area contributed by atoms with Crippen molar-refractivity contribution in [3.63, 3.8) is 0 Å². The van der Waals surface area contributed by atoms with Crippen molar-refractivity contribution in [1.29, 1.82) is 10.5 Å². The first-order valence-corrected chi connectivity index (χ1v) is 6.84. The van der Waals surface area contributed by atoms with Crippen LogP contribution in [0.5, 0.6) is 0 Å². The van der Waals surface area contributed by atoms with Gasteiger partial charge in [-0.1, -0.05) is 11.6 Å². The van der Waals surface area contributed by atoms with Crippen molar-refractivity contribution in [2.24, 2.45) is 0 Å². The van der Waals surface area contributed by atoms with Crippen molar-refractivity contribution >= 4 is 23.3 Å². The molecule has 0 aliphatic carbocycles. The number of hydrogen-bond donors (Lipinski definition) is 1. The van der Waals surface area contributed by atoms with Crippen LogP contribution in [0.3, 0.4) is 0 Å². The molecule has 0 radical (unpaired) electrons. The summed E-state index contributed by atoms with van der Waals surface area (Å²) in [6, 6.07) is 4.53. The summed E-state index contributed by atoms with van der Waals surface area (Å²) < 4.78 is 44.2. The summed E-state index contributed by atoms with van der Waals surface area (Å²) >= 11 is 5.93. The maximum atomic E-state index is 12.9. The number of ether oxygens (including phenoxy) is 1. The largest absolute Gasteiger partial charge is 0.464 e. The first kappa shape index (κ1) is 18.2. The van der Waals surface area contributed by atoms with Crippen LogP contribution in [-0.4, -0.2) is 17.6 Å². The molecular formula is C15H8ClF3N4O2. The second-order valence-corrected chi connectivity index (χ2v) is 5.15. The van der Waals surface area contributed by atoms with Gasteiger partial charge in [0.1, 0.15) is 12.1 Å². The smallest absolute Gasteiger partial charge is 0.416 e. The number of halogens is 4. The van der Waals surface area contributed by atoms with Gasteiger partial charge in [0, 0.05) is 6.20 Å². The highest BCUT2D eigenvalue weighted by Crippen LogP contribution is 2.37. The summed E-state index contributed by atoms with van der Waals surface area (Å²) in [5, 5.41) is 17.8. The highest BCUT2D eigenvalue weighted by Gasteiger charge is 2.33. The van der Waals surface area contributed by atoms with E-state index in [1.165, 1.54) is 0 Å². The van der Waals surface area contributed by atoms with E-state index in [0.717, 1.165) is 17.9 Å². The van der Waals surface area contributed by atoms with E-state index in [1.807, 2.05) is 0 Å². The van der Waals surface area contributed by atoms with E-state index in [-0.39, 0.29) is 22.6 Å². The number of esters is 1. The van der Waals surface area contributed by atoms with Gasteiger partial charge in [-0.3, -0.25) is 0 Å². The van der Waals surface area contributed by atoms with E-state index in [4.69, 9.17) is 22.6 Å². The fourth-order valence-corrected chi connectivity index (χ4v) is 2.49. The predicted octanol–water partition coefficient (Wildman–Crippen LogP) is 3.26. The molecule has 1 heterocycles. The SMILES string of the molecule is COC(=O)c1c(N)c(C#N)cn1-c1c(Cl)cc(C(F)(F)F)cc1C#N. The molecule has 0 fully saturated rings. The summed E-state index contributed by atoms with van der Waals surface area (Å²) in [6.45, 7) is 0. The molecule has 0 saturated heterocycles. The number of alkyl halides is 3. The number of hydrogen-bond acceptors (Lipinski definition) is 5. The van der Waals surface area contributed by atoms with Gasteiger partial charge in [-0.05, 0) is 12.1 Å². The number of aromatic nitrogens is 1. The lowest BCUT2D eigenvalue weighted by Crippen LogP contribution is -2.13. The summed E-state index contributed by atoms with van der Waals surface area (Å²) in [7, 11) is 1.06. The first-order chi connectivity index (χ1) is 11.6. The minimum atomic E-state index is -4.72. The lowest BCUT2D eigenvalue weighted by atomic mass is 10.1. The van der Waals surface area contributed by atoms with E-state index >= 15 is 0 Å². The highest BCUT2D eigenvalue weighted by atomic mass is 35.5. The van der Waals surface area contributed by atoms with Crippen LogP contribution in [-0.2, 0) is 10.9 Å². The van der Waals surface area contributed by atoms with E-state index < -0.39 is 28.3 Å². The van der Waals surface area contributed by atoms with Gasteiger partial charge in [-0.25, -0.2) is 4.79 Å². The maximum Gasteiger partial charge on any atom is 0.416 e. The van der Waals surface area contributed by atoms with E-state index in [9.17, 15) is 23.2 Å². The number of nitrogens with two attached hydrogens (primary N) is 1. The predicted molar refractivity (Wildman–Crippen MR) is 81.0 cm³/mol. The molecule has 2 rings (SSSR count). The van der Waals surface area contributed by atoms with Crippen molar-refractivity contribution < 1.29 is 22.7 Å². The van der Waals surface area contributed by atoms with Crippen molar-refractivity contribution in [3.8, 4) is 17.8 Å². The van der Waals surface area contributed by atoms with Gasteiger partial charge in [0.2, 0.25) is 0 Å². The lowest BCUT2D eigenvalue weighted by molar-refractivity contribution is -0.137. The summed E-state index contributed by atoms with van der Waals surface area (Å²) in [5.74, 6) is -0.946. The van der Waals surface area contributed by atoms with Gasteiger partial charge < -0.3 is 15.0 Å². The summed E-state index contributed by atoms with van der Waals surface area (Å²) in [5.41, 5.74) is 3.23. The zero-order valence-corrected chi connectivity index (χ0v) is 13.2. The Morgan fingerprint density at radius 2 is 1.88 bits per heavy atom. The molecular weight excluding hydrogens is 361 g/mol. The number of nitrogen functional groups attached to an aromatic ring is 1. The molecule has 0 spiro atoms. The van der Waals surface area contributed by atoms with Gasteiger partial charge in [0.25, 0.3) is 0 Å². The molecule has 128 valence electrons. The van der Waals surface area contributed by atoms with Crippen LogP contribution >= 0.6 is 11.6 Å². The Balaban J connectivity index is 2.87. The molecule has 1 aromatic carbocycles. The van der Waals surface area contributed by atoms with Gasteiger partial charge in [0.05, 0.1) is 40.2 Å². The quantitative estimate of drug-likeness (QED) is 0.819. The van der Waals surface area contributed by atoms with E-state index in [2.05, 4.69) is 4.74 Å². The minimum absolute atomic E-state index is 0.125. The molecule has 0 aliphatic heterocycles. The zero-order chi connectivity index (χ0) is 18.9. The maximum absolute atomic E-state index is 12.9. The van der Waals surface area contributed by atoms with Gasteiger partial charge >= 0.3 is 12.1 Å². The van der Waals surface area contributed by atoms with Gasteiger partial charge in [0.15, 0.2) is 5.69 Å². The third-order valence-corrected chi connectivity index (χ3v) is 3.58. The molecule has 0 unspecified atom stereocenters. The van der Waals surface area contributed by atoms with E-state index in [1.54, 1.807) is 12.1 Å². The number of methoxy groups -OCH3 is 1. The molecule has 0 amide bonds. The van der Waals surface area contributed by atoms with Crippen LogP contribution in [0, 0.1) is 22.7 Å². The fourth-order valence-electron chi connectivity index (χ4n) is 2.18. The average molecular weight is 369 g/mol. The standard InChI is InChI=1S/C15H8ClF3N4O2/c1-25-14(24)13-11(22)8(5-21)6-23(13)12-7(4-20)2-9(3-10(12)16)15(17,18)19/h2-3,6H,22H2,1H3. The number of carbonyl (C=O) groups is 1. The van der Waals surface area contributed by atoms with Crippen molar-refractivity contribution in [2.45, 2.75) is 6.18 Å². The number of anilines is 1. The average Bonchev–Trinajstić information content (AvgIpc) is 2.88. The molecule has 0 bridgehead atoms. The lowest BCUT2D eigenvalue weighted by Gasteiger charge is -2.15. The second-order valence-electron chi connectivity index (χ2n) is 4.74. The molecule has 2 aromatic rings. The van der Waals surface area contributed by atoms with Crippen LogP contribution in [0.25, 0.3) is 5.69 Å². The highest BCUT2D eigenvalue weighted by molar-refractivity contribution is 6.32. The third-order valence-electron chi connectivity index (χ3n) is 3.30. The number of nitriles is 2. The minimum Gasteiger partial charge on any atom is -0.464 e. The molecule has 0 atom stereocenters. The third kappa shape index (κ3) is 3.10. The molecule has 0 saturated carbocycles. The van der Waals surface area contributed by atoms with Gasteiger partial charge in [-0.2, -0.15) is 23.7 Å². The molecule has 1 aromatic heterocycles. The second kappa shape index (κ2) is 6.38. The molecule has 6 nitrogen and oxygen atoms in total. The van der Waals surface area contributed by atoms with Crippen LogP contribution in [0.4, 0.5) is 18.9 Å². The Kier molecular flexibility index (Phi) is 4.64. The molecule has 2 N–H and O–H groups in total. The number of rotatable bonds is 2. The Morgan fingerprint density at radius 1 is 1.28 bits per heavy atom. The number of nitrogens with zero attached hydrogens (tertiary/aromatic N) is 3. The van der Waals surface area contributed by atoms with Gasteiger partial charge in [-0.15, -0.1) is 0 Å². The number of carbonyl (C=O) groups excluding carboxylic acids is 1. The van der Waals surface area contributed by atoms with Crippen LogP contribution in [0.2, 0.25) is 5.02 Å². The molecule has 0 aliphatic rings. The van der Waals surface area contributed by atoms with Crippen molar-refractivity contribution in [1.82, 2.24) is 4.57 Å². The normalized spacial score (nSPS) is 10.8. The number of benzene rings is 1. The first-order valence-electron chi connectivity index (χ1n) is 6.46.